The van der Waals surface area contributed by atoms with Crippen molar-refractivity contribution < 1.29 is 4.79 Å². The lowest BCUT2D eigenvalue weighted by atomic mass is 9.89. The molecule has 0 saturated carbocycles. The minimum Gasteiger partial charge on any atom is -0.350 e. The van der Waals surface area contributed by atoms with Crippen molar-refractivity contribution in [3.8, 4) is 0 Å². The Morgan fingerprint density at radius 2 is 2.50 bits per heavy atom. The zero-order valence-electron chi connectivity index (χ0n) is 11.6. The number of nitrogens with one attached hydrogen (secondary N) is 1. The van der Waals surface area contributed by atoms with Gasteiger partial charge in [0.05, 0.1) is 12.2 Å². The predicted molar refractivity (Wildman–Crippen MR) is 79.6 cm³/mol. The van der Waals surface area contributed by atoms with Crippen LogP contribution >= 0.6 is 11.3 Å². The topological polar surface area (TPSA) is 46.9 Å². The van der Waals surface area contributed by atoms with E-state index in [0.717, 1.165) is 18.8 Å². The molecule has 0 aromatic carbocycles. The summed E-state index contributed by atoms with van der Waals surface area (Å²) in [6.45, 7) is 3.19. The summed E-state index contributed by atoms with van der Waals surface area (Å²) in [4.78, 5) is 13.1. The normalized spacial score (nSPS) is 17.8. The summed E-state index contributed by atoms with van der Waals surface area (Å²) >= 11 is 1.66. The maximum Gasteiger partial charge on any atom is 0.242 e. The van der Waals surface area contributed by atoms with Crippen LogP contribution in [0.15, 0.2) is 23.7 Å². The smallest absolute Gasteiger partial charge is 0.242 e. The molecule has 20 heavy (non-hydrogen) atoms. The van der Waals surface area contributed by atoms with Crippen molar-refractivity contribution in [1.29, 1.82) is 0 Å². The summed E-state index contributed by atoms with van der Waals surface area (Å²) in [6.07, 6.45) is 5.37. The molecule has 0 saturated heterocycles. The number of carbonyl (C=O) groups excluding carboxylic acids is 1. The number of nitrogens with zero attached hydrogens (tertiary/aromatic N) is 2. The first-order valence-corrected chi connectivity index (χ1v) is 7.93. The van der Waals surface area contributed by atoms with Crippen LogP contribution in [0.3, 0.4) is 0 Å². The van der Waals surface area contributed by atoms with Crippen LogP contribution in [0.25, 0.3) is 0 Å². The van der Waals surface area contributed by atoms with Crippen molar-refractivity contribution in [3.63, 3.8) is 0 Å². The van der Waals surface area contributed by atoms with Crippen molar-refractivity contribution in [1.82, 2.24) is 15.1 Å². The lowest BCUT2D eigenvalue weighted by Crippen LogP contribution is -2.27. The number of aryl methyl sites for hydroxylation is 1. The third kappa shape index (κ3) is 3.10. The van der Waals surface area contributed by atoms with E-state index in [0.29, 0.717) is 13.1 Å². The second-order valence-corrected chi connectivity index (χ2v) is 6.53. The highest BCUT2D eigenvalue weighted by Gasteiger charge is 2.19. The standard InChI is InChI=1S/C15H19N3OS/c1-11-4-5-14-12(7-11)9-18(17-14)10-15(19)16-8-13-3-2-6-20-13/h2-3,6,9,11H,4-5,7-8,10H2,1H3,(H,16,19). The van der Waals surface area contributed by atoms with E-state index in [-0.39, 0.29) is 5.91 Å². The minimum atomic E-state index is 0.0197. The molecule has 2 aromatic heterocycles. The Kier molecular flexibility index (Phi) is 3.87. The van der Waals surface area contributed by atoms with E-state index in [4.69, 9.17) is 0 Å². The van der Waals surface area contributed by atoms with E-state index in [1.165, 1.54) is 22.6 Å². The minimum absolute atomic E-state index is 0.0197. The Morgan fingerprint density at radius 3 is 3.30 bits per heavy atom. The molecular formula is C15H19N3OS. The van der Waals surface area contributed by atoms with Gasteiger partial charge in [0, 0.05) is 11.1 Å². The molecule has 1 unspecified atom stereocenters. The van der Waals surface area contributed by atoms with Gasteiger partial charge in [0.2, 0.25) is 5.91 Å². The number of hydrogen-bond acceptors (Lipinski definition) is 3. The Labute approximate surface area is 122 Å². The fourth-order valence-corrected chi connectivity index (χ4v) is 3.27. The fourth-order valence-electron chi connectivity index (χ4n) is 2.63. The van der Waals surface area contributed by atoms with Crippen LogP contribution in [0.4, 0.5) is 0 Å². The Morgan fingerprint density at radius 1 is 1.60 bits per heavy atom. The summed E-state index contributed by atoms with van der Waals surface area (Å²) in [5.41, 5.74) is 2.49. The molecule has 1 N–H and O–H groups in total. The average Bonchev–Trinajstić information content (AvgIpc) is 3.04. The quantitative estimate of drug-likeness (QED) is 0.939. The van der Waals surface area contributed by atoms with E-state index in [2.05, 4.69) is 17.3 Å². The van der Waals surface area contributed by atoms with Gasteiger partial charge in [-0.15, -0.1) is 11.3 Å². The number of fused-ring (bicyclic) bond motifs is 1. The van der Waals surface area contributed by atoms with Crippen molar-refractivity contribution in [3.05, 3.63) is 39.8 Å². The van der Waals surface area contributed by atoms with Gasteiger partial charge in [0.15, 0.2) is 0 Å². The molecule has 106 valence electrons. The van der Waals surface area contributed by atoms with E-state index in [1.54, 1.807) is 16.0 Å². The van der Waals surface area contributed by atoms with E-state index < -0.39 is 0 Å². The fraction of sp³-hybridized carbons (Fsp3) is 0.467. The molecule has 1 aliphatic carbocycles. The van der Waals surface area contributed by atoms with Gasteiger partial charge in [-0.1, -0.05) is 13.0 Å². The number of thiophene rings is 1. The van der Waals surface area contributed by atoms with Gasteiger partial charge in [-0.25, -0.2) is 0 Å². The van der Waals surface area contributed by atoms with Gasteiger partial charge in [0.25, 0.3) is 0 Å². The second kappa shape index (κ2) is 5.79. The molecule has 1 amide bonds. The summed E-state index contributed by atoms with van der Waals surface area (Å²) in [5, 5.41) is 9.48. The highest BCUT2D eigenvalue weighted by molar-refractivity contribution is 7.09. The third-order valence-electron chi connectivity index (χ3n) is 3.71. The number of rotatable bonds is 4. The molecule has 5 heteroatoms. The molecule has 2 aromatic rings. The van der Waals surface area contributed by atoms with Gasteiger partial charge in [-0.3, -0.25) is 9.48 Å². The predicted octanol–water partition coefficient (Wildman–Crippen LogP) is 2.39. The molecular weight excluding hydrogens is 270 g/mol. The largest absolute Gasteiger partial charge is 0.350 e. The molecule has 0 spiro atoms. The molecule has 2 heterocycles. The Bertz CT molecular complexity index is 588. The Hall–Kier alpha value is -1.62. The summed E-state index contributed by atoms with van der Waals surface area (Å²) in [7, 11) is 0. The molecule has 0 fully saturated rings. The highest BCUT2D eigenvalue weighted by atomic mass is 32.1. The van der Waals surface area contributed by atoms with Crippen molar-refractivity contribution in [2.45, 2.75) is 39.3 Å². The molecule has 0 bridgehead atoms. The Balaban J connectivity index is 1.56. The van der Waals surface area contributed by atoms with Crippen LogP contribution < -0.4 is 5.32 Å². The highest BCUT2D eigenvalue weighted by Crippen LogP contribution is 2.23. The zero-order valence-corrected chi connectivity index (χ0v) is 12.4. The lowest BCUT2D eigenvalue weighted by Gasteiger charge is -2.15. The maximum absolute atomic E-state index is 11.9. The molecule has 0 aliphatic heterocycles. The third-order valence-corrected chi connectivity index (χ3v) is 4.59. The number of carbonyl (C=O) groups is 1. The number of amides is 1. The molecule has 3 rings (SSSR count). The molecule has 0 radical (unpaired) electrons. The van der Waals surface area contributed by atoms with Crippen LogP contribution in [0.5, 0.6) is 0 Å². The van der Waals surface area contributed by atoms with E-state index in [9.17, 15) is 4.79 Å². The van der Waals surface area contributed by atoms with Crippen LogP contribution in [0.2, 0.25) is 0 Å². The SMILES string of the molecule is CC1CCc2nn(CC(=O)NCc3cccs3)cc2C1. The van der Waals surface area contributed by atoms with Gasteiger partial charge in [-0.05, 0) is 42.2 Å². The van der Waals surface area contributed by atoms with Gasteiger partial charge >= 0.3 is 0 Å². The number of hydrogen-bond donors (Lipinski definition) is 1. The van der Waals surface area contributed by atoms with Crippen molar-refractivity contribution >= 4 is 17.2 Å². The van der Waals surface area contributed by atoms with Crippen molar-refractivity contribution in [2.24, 2.45) is 5.92 Å². The van der Waals surface area contributed by atoms with E-state index >= 15 is 0 Å². The van der Waals surface area contributed by atoms with Crippen molar-refractivity contribution in [2.75, 3.05) is 0 Å². The summed E-state index contributed by atoms with van der Waals surface area (Å²) in [5.74, 6) is 0.749. The zero-order chi connectivity index (χ0) is 13.9. The first kappa shape index (κ1) is 13.4. The van der Waals surface area contributed by atoms with Crippen LogP contribution in [-0.4, -0.2) is 15.7 Å². The number of aromatic nitrogens is 2. The second-order valence-electron chi connectivity index (χ2n) is 5.50. The summed E-state index contributed by atoms with van der Waals surface area (Å²) in [6, 6.07) is 4.02. The van der Waals surface area contributed by atoms with Gasteiger partial charge < -0.3 is 5.32 Å². The summed E-state index contributed by atoms with van der Waals surface area (Å²) < 4.78 is 1.78. The van der Waals surface area contributed by atoms with Gasteiger partial charge in [0.1, 0.15) is 6.54 Å². The van der Waals surface area contributed by atoms with Gasteiger partial charge in [-0.2, -0.15) is 5.10 Å². The average molecular weight is 289 g/mol. The maximum atomic E-state index is 11.9. The molecule has 4 nitrogen and oxygen atoms in total. The van der Waals surface area contributed by atoms with Crippen LogP contribution in [0, 0.1) is 5.92 Å². The first-order chi connectivity index (χ1) is 9.70. The van der Waals surface area contributed by atoms with Crippen LogP contribution in [-0.2, 0) is 30.7 Å². The monoisotopic (exact) mass is 289 g/mol. The van der Waals surface area contributed by atoms with E-state index in [1.807, 2.05) is 23.7 Å². The molecule has 1 atom stereocenters. The first-order valence-electron chi connectivity index (χ1n) is 7.05. The van der Waals surface area contributed by atoms with Crippen LogP contribution in [0.1, 0.15) is 29.5 Å². The molecule has 1 aliphatic rings. The lowest BCUT2D eigenvalue weighted by molar-refractivity contribution is -0.122.